The Bertz CT molecular complexity index is 3720. The molecular formula is C57H51BBr3N7O9Zn. The molecule has 3 heterocycles. The van der Waals surface area contributed by atoms with Gasteiger partial charge in [-0.2, -0.15) is 10.5 Å². The van der Waals surface area contributed by atoms with Crippen molar-refractivity contribution in [2.24, 2.45) is 0 Å². The molecule has 21 heteroatoms. The molecule has 78 heavy (non-hydrogen) atoms. The first-order valence-corrected chi connectivity index (χ1v) is 25.1. The van der Waals surface area contributed by atoms with Crippen molar-refractivity contribution in [3.63, 3.8) is 0 Å². The number of aromatic nitrogens is 3. The number of aromatic hydroxyl groups is 2. The number of benzene rings is 6. The summed E-state index contributed by atoms with van der Waals surface area (Å²) in [6.07, 6.45) is 4.78. The molecule has 0 bridgehead atoms. The third kappa shape index (κ3) is 17.3. The van der Waals surface area contributed by atoms with Gasteiger partial charge >= 0.3 is 22.7 Å². The molecule has 0 spiro atoms. The maximum absolute atomic E-state index is 12.7. The first kappa shape index (κ1) is 68.2. The molecule has 0 aliphatic heterocycles. The number of fused-ring (bicyclic) bond motifs is 3. The topological polar surface area (TPSA) is 261 Å². The van der Waals surface area contributed by atoms with E-state index in [4.69, 9.17) is 33.1 Å². The van der Waals surface area contributed by atoms with Crippen molar-refractivity contribution in [3.8, 4) is 52.2 Å². The maximum Gasteiger partial charge on any atom is 2.00 e. The van der Waals surface area contributed by atoms with Crippen LogP contribution in [-0.4, -0.2) is 51.5 Å². The summed E-state index contributed by atoms with van der Waals surface area (Å²) in [6.45, 7) is 15.3. The summed E-state index contributed by atoms with van der Waals surface area (Å²) in [7, 11) is 3.18. The van der Waals surface area contributed by atoms with Crippen molar-refractivity contribution < 1.29 is 49.4 Å². The summed E-state index contributed by atoms with van der Waals surface area (Å²) in [6, 6.07) is 39.4. The standard InChI is InChI=1S/C18H14N2O3.C18H17NO3.C16H10N2O3.C2H6.2CN.CH4.BBr3.Zn/c1-23-15-5-3-14(4-6-15)20-10-13(9-19)17-8-12(11-21)2-7-16(17)18(20)22;1-12-10-19(14-4-6-15(22-2)7-5-14)18(21)16-8-3-13(11-20)9-17(12)16;17-8-10-9-18(11-1-3-12(19)4-2-11)16(21)14-6-5-13(20)7-15(10)14;3*1-2;;2-1(3)4;/h2-8,10,21H,11H2,1H3;3-10,20H,11H2,1-2H3;1-7,9,19-20H;1-2H3;;;1H4;;/q;;;;2*-1;;;+2. The number of aryl methyl sites for hydroxylation is 1. The summed E-state index contributed by atoms with van der Waals surface area (Å²) in [5.41, 5.74) is 4.53. The second kappa shape index (κ2) is 34.0. The van der Waals surface area contributed by atoms with E-state index in [0.29, 0.717) is 55.2 Å². The van der Waals surface area contributed by atoms with Crippen molar-refractivity contribution in [1.29, 1.82) is 21.0 Å². The zero-order valence-electron chi connectivity index (χ0n) is 42.1. The number of ether oxygens (including phenoxy) is 2. The Labute approximate surface area is 489 Å². The Morgan fingerprint density at radius 3 is 1.18 bits per heavy atom. The Morgan fingerprint density at radius 1 is 0.513 bits per heavy atom. The molecule has 3 aromatic heterocycles. The van der Waals surface area contributed by atoms with Crippen LogP contribution < -0.4 is 26.2 Å². The van der Waals surface area contributed by atoms with Crippen LogP contribution in [0.5, 0.6) is 23.0 Å². The van der Waals surface area contributed by atoms with Gasteiger partial charge in [-0.05, 0) is 144 Å². The van der Waals surface area contributed by atoms with Crippen LogP contribution in [0.1, 0.15) is 49.1 Å². The average molecular weight is 1290 g/mol. The van der Waals surface area contributed by atoms with Crippen molar-refractivity contribution in [2.45, 2.75) is 41.4 Å². The van der Waals surface area contributed by atoms with Gasteiger partial charge < -0.3 is 53.6 Å². The number of aliphatic hydroxyl groups is 2. The number of nitrogens with zero attached hydrogens (tertiary/aromatic N) is 7. The van der Waals surface area contributed by atoms with Crippen LogP contribution in [0, 0.1) is 53.3 Å². The van der Waals surface area contributed by atoms with Crippen LogP contribution in [0.3, 0.4) is 0 Å². The molecule has 0 amide bonds. The van der Waals surface area contributed by atoms with E-state index < -0.39 is 0 Å². The minimum Gasteiger partial charge on any atom is -0.512 e. The molecule has 0 radical (unpaired) electrons. The zero-order valence-corrected chi connectivity index (χ0v) is 49.9. The van der Waals surface area contributed by atoms with E-state index in [0.717, 1.165) is 28.0 Å². The number of nitriles is 2. The molecule has 394 valence electrons. The van der Waals surface area contributed by atoms with Gasteiger partial charge in [-0.25, -0.2) is 0 Å². The smallest absolute Gasteiger partial charge is 0.512 e. The van der Waals surface area contributed by atoms with Gasteiger partial charge in [-0.3, -0.25) is 28.1 Å². The Morgan fingerprint density at radius 2 is 0.821 bits per heavy atom. The van der Waals surface area contributed by atoms with Gasteiger partial charge in [0.1, 0.15) is 35.1 Å². The van der Waals surface area contributed by atoms with E-state index in [-0.39, 0.29) is 77.0 Å². The molecule has 9 rings (SSSR count). The summed E-state index contributed by atoms with van der Waals surface area (Å²) >= 11 is 9.31. The van der Waals surface area contributed by atoms with Crippen LogP contribution >= 0.6 is 47.3 Å². The molecule has 0 atom stereocenters. The molecule has 0 aliphatic carbocycles. The maximum atomic E-state index is 12.7. The van der Waals surface area contributed by atoms with E-state index in [2.05, 4.69) is 53.3 Å². The predicted octanol–water partition coefficient (Wildman–Crippen LogP) is 11.4. The predicted molar refractivity (Wildman–Crippen MR) is 312 cm³/mol. The minimum atomic E-state index is -0.297. The second-order valence-electron chi connectivity index (χ2n) is 15.1. The van der Waals surface area contributed by atoms with E-state index in [9.17, 15) is 45.3 Å². The summed E-state index contributed by atoms with van der Waals surface area (Å²) < 4.78 is 14.9. The Hall–Kier alpha value is -7.84. The van der Waals surface area contributed by atoms with E-state index >= 15 is 0 Å². The van der Waals surface area contributed by atoms with Crippen LogP contribution in [0.2, 0.25) is 0 Å². The summed E-state index contributed by atoms with van der Waals surface area (Å²) in [5.74, 6) is 1.54. The van der Waals surface area contributed by atoms with Crippen molar-refractivity contribution in [1.82, 2.24) is 13.7 Å². The number of methoxy groups -OCH3 is 2. The molecule has 6 aromatic carbocycles. The first-order valence-electron chi connectivity index (χ1n) is 22.3. The SMILES string of the molecule is BrB(Br)Br.C.CC.COc1ccc(-n2cc(C#N)c3cc(CO)ccc3c2=O)cc1.COc1ccc(-n2cc(C)c3cc(CO)ccc3c2=O)cc1.N#Cc1cn(-c2ccc(O)cc2)c(=O)c2ccc(O)cc12.[C-]#N.[C-]#N.[Zn+2]. The Balaban J connectivity index is 0.000000533. The molecule has 0 fully saturated rings. The van der Waals surface area contributed by atoms with Crippen LogP contribution in [0.4, 0.5) is 0 Å². The molecule has 0 saturated carbocycles. The van der Waals surface area contributed by atoms with Gasteiger partial charge in [0.15, 0.2) is 0 Å². The molecule has 0 unspecified atom stereocenters. The van der Waals surface area contributed by atoms with Gasteiger partial charge in [-0.1, -0.05) is 33.4 Å². The van der Waals surface area contributed by atoms with Gasteiger partial charge in [0.2, 0.25) is 0 Å². The number of hydrogen-bond donors (Lipinski definition) is 4. The molecule has 4 N–H and O–H groups in total. The molecule has 0 aliphatic rings. The fourth-order valence-electron chi connectivity index (χ4n) is 7.32. The van der Waals surface area contributed by atoms with E-state index in [1.165, 1.54) is 51.9 Å². The zero-order chi connectivity index (χ0) is 56.6. The summed E-state index contributed by atoms with van der Waals surface area (Å²) in [5, 5.41) is 71.7. The fourth-order valence-corrected chi connectivity index (χ4v) is 7.32. The van der Waals surface area contributed by atoms with Crippen molar-refractivity contribution in [2.75, 3.05) is 14.2 Å². The quantitative estimate of drug-likeness (QED) is 0.0856. The number of phenols is 2. The normalized spacial score (nSPS) is 9.44. The van der Waals surface area contributed by atoms with Crippen LogP contribution in [-0.2, 0) is 32.7 Å². The van der Waals surface area contributed by atoms with Gasteiger partial charge in [0, 0.05) is 62.6 Å². The van der Waals surface area contributed by atoms with Crippen LogP contribution in [0.25, 0.3) is 49.4 Å². The number of pyridine rings is 3. The van der Waals surface area contributed by atoms with E-state index in [1.807, 2.05) is 63.4 Å². The van der Waals surface area contributed by atoms with Gasteiger partial charge in [-0.15, -0.1) is 47.3 Å². The number of rotatable bonds is 7. The van der Waals surface area contributed by atoms with Gasteiger partial charge in [0.05, 0.1) is 38.6 Å². The summed E-state index contributed by atoms with van der Waals surface area (Å²) in [4.78, 5) is 37.9. The number of halogens is 3. The molecule has 16 nitrogen and oxygen atoms in total. The van der Waals surface area contributed by atoms with Crippen molar-refractivity contribution in [3.05, 3.63) is 218 Å². The van der Waals surface area contributed by atoms with Crippen LogP contribution in [0.15, 0.2) is 160 Å². The van der Waals surface area contributed by atoms with Crippen molar-refractivity contribution >= 4 is 82.8 Å². The monoisotopic (exact) mass is 1290 g/mol. The average Bonchev–Trinajstić information content (AvgIpc) is 3.47. The molecule has 9 aromatic rings. The number of hydrogen-bond acceptors (Lipinski definition) is 13. The third-order valence-electron chi connectivity index (χ3n) is 10.8. The fraction of sp³-hybridized carbons (Fsp3) is 0.140. The second-order valence-corrected chi connectivity index (χ2v) is 21.5. The minimum absolute atomic E-state index is 0. The third-order valence-corrected chi connectivity index (χ3v) is 10.8. The Kier molecular flexibility index (Phi) is 29.7. The van der Waals surface area contributed by atoms with E-state index in [1.54, 1.807) is 85.5 Å². The molecule has 0 saturated heterocycles. The molecular weight excluding hydrogens is 1240 g/mol. The number of aliphatic hydroxyl groups excluding tert-OH is 2. The van der Waals surface area contributed by atoms with Gasteiger partial charge in [0.25, 0.3) is 16.7 Å². The number of phenolic OH excluding ortho intramolecular Hbond substituents is 2. The largest absolute Gasteiger partial charge is 2.00 e. The first-order chi connectivity index (χ1) is 36.6.